The zero-order valence-corrected chi connectivity index (χ0v) is 16.4. The van der Waals surface area contributed by atoms with E-state index >= 15 is 0 Å². The molecule has 0 fully saturated rings. The molecular formula is C20H22Cl2N4. The second kappa shape index (κ2) is 8.67. The maximum absolute atomic E-state index is 6.23. The van der Waals surface area contributed by atoms with Gasteiger partial charge >= 0.3 is 0 Å². The van der Waals surface area contributed by atoms with Crippen LogP contribution in [0.4, 0.5) is 0 Å². The van der Waals surface area contributed by atoms with Gasteiger partial charge in [-0.25, -0.2) is 0 Å². The van der Waals surface area contributed by atoms with Gasteiger partial charge in [0.2, 0.25) is 0 Å². The van der Waals surface area contributed by atoms with Crippen LogP contribution in [0.1, 0.15) is 31.1 Å². The summed E-state index contributed by atoms with van der Waals surface area (Å²) in [5, 5.41) is 14.1. The molecule has 0 amide bonds. The van der Waals surface area contributed by atoms with Crippen molar-refractivity contribution in [2.24, 2.45) is 0 Å². The van der Waals surface area contributed by atoms with Crippen molar-refractivity contribution in [1.29, 1.82) is 0 Å². The predicted molar refractivity (Wildman–Crippen MR) is 108 cm³/mol. The van der Waals surface area contributed by atoms with Crippen LogP contribution in [0, 0.1) is 0 Å². The number of hydrogen-bond acceptors (Lipinski definition) is 3. The van der Waals surface area contributed by atoms with E-state index in [1.165, 1.54) is 0 Å². The lowest BCUT2D eigenvalue weighted by Crippen LogP contribution is -2.18. The van der Waals surface area contributed by atoms with Gasteiger partial charge in [-0.3, -0.25) is 0 Å². The first kappa shape index (κ1) is 18.9. The summed E-state index contributed by atoms with van der Waals surface area (Å²) in [5.41, 5.74) is 4.04. The molecule has 0 aliphatic carbocycles. The zero-order valence-electron chi connectivity index (χ0n) is 14.9. The second-order valence-electron chi connectivity index (χ2n) is 6.44. The van der Waals surface area contributed by atoms with Gasteiger partial charge in [0.25, 0.3) is 0 Å². The Hall–Kier alpha value is -1.88. The Bertz CT molecular complexity index is 860. The average Bonchev–Trinajstić information content (AvgIpc) is 3.05. The summed E-state index contributed by atoms with van der Waals surface area (Å²) in [6.45, 7) is 5.61. The van der Waals surface area contributed by atoms with Crippen molar-refractivity contribution in [3.63, 3.8) is 0 Å². The number of aromatic nitrogens is 3. The molecule has 0 saturated carbocycles. The van der Waals surface area contributed by atoms with Gasteiger partial charge in [0.05, 0.1) is 6.04 Å². The molecule has 2 aromatic carbocycles. The van der Waals surface area contributed by atoms with Crippen molar-refractivity contribution >= 4 is 23.2 Å². The minimum atomic E-state index is 0.221. The lowest BCUT2D eigenvalue weighted by atomic mass is 10.1. The Morgan fingerprint density at radius 2 is 1.81 bits per heavy atom. The topological polar surface area (TPSA) is 42.7 Å². The number of halogens is 2. The fraction of sp³-hybridized carbons (Fsp3) is 0.300. The van der Waals surface area contributed by atoms with Gasteiger partial charge in [-0.15, -0.1) is 0 Å². The minimum Gasteiger partial charge on any atom is -0.311 e. The highest BCUT2D eigenvalue weighted by Crippen LogP contribution is 2.22. The van der Waals surface area contributed by atoms with Gasteiger partial charge in [-0.2, -0.15) is 15.0 Å². The first-order valence-electron chi connectivity index (χ1n) is 8.70. The molecule has 136 valence electrons. The van der Waals surface area contributed by atoms with Gasteiger partial charge in [-0.05, 0) is 44.5 Å². The maximum Gasteiger partial charge on any atom is 0.117 e. The first-order valence-corrected chi connectivity index (χ1v) is 9.46. The first-order chi connectivity index (χ1) is 12.5. The number of hydrogen-bond donors (Lipinski definition) is 1. The Labute approximate surface area is 164 Å². The van der Waals surface area contributed by atoms with E-state index in [0.29, 0.717) is 16.6 Å². The molecule has 0 bridgehead atoms. The summed E-state index contributed by atoms with van der Waals surface area (Å²) in [6, 6.07) is 16.0. The molecule has 0 atom stereocenters. The number of nitrogens with one attached hydrogen (secondary N) is 1. The summed E-state index contributed by atoms with van der Waals surface area (Å²) in [6.07, 6.45) is 0.828. The summed E-state index contributed by atoms with van der Waals surface area (Å²) in [4.78, 5) is 1.77. The van der Waals surface area contributed by atoms with Gasteiger partial charge < -0.3 is 5.32 Å². The number of benzene rings is 2. The van der Waals surface area contributed by atoms with Gasteiger partial charge in [-0.1, -0.05) is 59.6 Å². The standard InChI is InChI=1S/C20H22Cl2N4/c1-14(2)26-24-19(20(25-26)16-6-4-3-5-7-16)13-23-11-10-15-8-9-17(21)12-18(15)22/h3-9,12,14,23H,10-11,13H2,1-2H3. The van der Waals surface area contributed by atoms with Crippen LogP contribution in [0.25, 0.3) is 11.3 Å². The molecule has 0 aliphatic rings. The molecule has 4 nitrogen and oxygen atoms in total. The van der Waals surface area contributed by atoms with Crippen LogP contribution in [-0.2, 0) is 13.0 Å². The third-order valence-electron chi connectivity index (χ3n) is 4.09. The van der Waals surface area contributed by atoms with E-state index in [0.717, 1.165) is 35.5 Å². The van der Waals surface area contributed by atoms with E-state index in [1.54, 1.807) is 10.9 Å². The number of nitrogens with zero attached hydrogens (tertiary/aromatic N) is 3. The second-order valence-corrected chi connectivity index (χ2v) is 7.28. The normalized spacial score (nSPS) is 11.3. The Kier molecular flexibility index (Phi) is 6.30. The third kappa shape index (κ3) is 4.64. The monoisotopic (exact) mass is 388 g/mol. The molecule has 26 heavy (non-hydrogen) atoms. The zero-order chi connectivity index (χ0) is 18.5. The van der Waals surface area contributed by atoms with Gasteiger partial charge in [0, 0.05) is 22.2 Å². The Morgan fingerprint density at radius 3 is 2.50 bits per heavy atom. The number of rotatable bonds is 7. The highest BCUT2D eigenvalue weighted by molar-refractivity contribution is 6.35. The highest BCUT2D eigenvalue weighted by Gasteiger charge is 2.14. The van der Waals surface area contributed by atoms with Crippen molar-refractivity contribution in [3.8, 4) is 11.3 Å². The van der Waals surface area contributed by atoms with E-state index < -0.39 is 0 Å². The lowest BCUT2D eigenvalue weighted by molar-refractivity contribution is 0.462. The molecule has 1 N–H and O–H groups in total. The van der Waals surface area contributed by atoms with E-state index in [2.05, 4.69) is 41.5 Å². The molecule has 0 radical (unpaired) electrons. The van der Waals surface area contributed by atoms with Crippen molar-refractivity contribution in [3.05, 3.63) is 69.8 Å². The molecule has 0 spiro atoms. The maximum atomic E-state index is 6.23. The van der Waals surface area contributed by atoms with Crippen molar-refractivity contribution in [2.45, 2.75) is 32.9 Å². The van der Waals surface area contributed by atoms with Crippen molar-refractivity contribution in [2.75, 3.05) is 6.54 Å². The van der Waals surface area contributed by atoms with Crippen LogP contribution in [0.15, 0.2) is 48.5 Å². The van der Waals surface area contributed by atoms with Crippen LogP contribution < -0.4 is 5.32 Å². The molecule has 1 heterocycles. The lowest BCUT2D eigenvalue weighted by Gasteiger charge is -2.06. The van der Waals surface area contributed by atoms with Crippen LogP contribution in [0.2, 0.25) is 10.0 Å². The smallest absolute Gasteiger partial charge is 0.117 e. The van der Waals surface area contributed by atoms with Crippen molar-refractivity contribution < 1.29 is 0 Å². The molecule has 1 aromatic heterocycles. The van der Waals surface area contributed by atoms with Crippen LogP contribution in [0.3, 0.4) is 0 Å². The minimum absolute atomic E-state index is 0.221. The van der Waals surface area contributed by atoms with Crippen LogP contribution >= 0.6 is 23.2 Å². The molecule has 6 heteroatoms. The fourth-order valence-electron chi connectivity index (χ4n) is 2.68. The largest absolute Gasteiger partial charge is 0.311 e. The van der Waals surface area contributed by atoms with E-state index in [9.17, 15) is 0 Å². The molecule has 3 aromatic rings. The van der Waals surface area contributed by atoms with Gasteiger partial charge in [0.1, 0.15) is 11.4 Å². The summed E-state index contributed by atoms with van der Waals surface area (Å²) >= 11 is 12.2. The highest BCUT2D eigenvalue weighted by atomic mass is 35.5. The molecule has 0 unspecified atom stereocenters. The molecular weight excluding hydrogens is 367 g/mol. The van der Waals surface area contributed by atoms with Crippen LogP contribution in [-0.4, -0.2) is 21.5 Å². The Balaban J connectivity index is 1.67. The van der Waals surface area contributed by atoms with E-state index in [1.807, 2.05) is 30.3 Å². The van der Waals surface area contributed by atoms with Crippen molar-refractivity contribution in [1.82, 2.24) is 20.3 Å². The SMILES string of the molecule is CC(C)n1nc(CNCCc2ccc(Cl)cc2Cl)c(-c2ccccc2)n1. The Morgan fingerprint density at radius 1 is 1.04 bits per heavy atom. The van der Waals surface area contributed by atoms with E-state index in [4.69, 9.17) is 23.2 Å². The quantitative estimate of drug-likeness (QED) is 0.568. The van der Waals surface area contributed by atoms with E-state index in [-0.39, 0.29) is 6.04 Å². The predicted octanol–water partition coefficient (Wildman–Crippen LogP) is 5.17. The van der Waals surface area contributed by atoms with Crippen LogP contribution in [0.5, 0.6) is 0 Å². The average molecular weight is 389 g/mol. The summed E-state index contributed by atoms with van der Waals surface area (Å²) in [7, 11) is 0. The van der Waals surface area contributed by atoms with Gasteiger partial charge in [0.15, 0.2) is 0 Å². The molecule has 0 saturated heterocycles. The molecule has 0 aliphatic heterocycles. The summed E-state index contributed by atoms with van der Waals surface area (Å²) in [5.74, 6) is 0. The molecule has 3 rings (SSSR count). The fourth-order valence-corrected chi connectivity index (χ4v) is 3.18. The summed E-state index contributed by atoms with van der Waals surface area (Å²) < 4.78 is 0. The third-order valence-corrected chi connectivity index (χ3v) is 4.67.